The summed E-state index contributed by atoms with van der Waals surface area (Å²) in [6.07, 6.45) is 61.9. The summed E-state index contributed by atoms with van der Waals surface area (Å²) < 4.78 is 0. The van der Waals surface area contributed by atoms with Gasteiger partial charge < -0.3 is 9.80 Å². The predicted molar refractivity (Wildman–Crippen MR) is 223 cm³/mol. The molecule has 2 nitrogen and oxygen atoms in total. The van der Waals surface area contributed by atoms with Crippen LogP contribution in [0, 0.1) is 0 Å². The van der Waals surface area contributed by atoms with Crippen LogP contribution in [0.2, 0.25) is 0 Å². The maximum Gasteiger partial charge on any atom is 0.101 e. The largest absolute Gasteiger partial charge is 0.356 e. The molecule has 0 saturated heterocycles. The van der Waals surface area contributed by atoms with Crippen LogP contribution in [-0.2, 0) is 0 Å². The minimum absolute atomic E-state index is 0.637. The summed E-state index contributed by atoms with van der Waals surface area (Å²) >= 11 is 0. The molecule has 1 heterocycles. The summed E-state index contributed by atoms with van der Waals surface area (Å²) in [5, 5.41) is 0. The summed E-state index contributed by atoms with van der Waals surface area (Å²) in [7, 11) is 0. The molecule has 0 aliphatic carbocycles. The Morgan fingerprint density at radius 1 is 0.265 bits per heavy atom. The quantitative estimate of drug-likeness (QED) is 0.0591. The van der Waals surface area contributed by atoms with E-state index in [1.54, 1.807) is 0 Å². The van der Waals surface area contributed by atoms with Gasteiger partial charge in [-0.05, 0) is 25.7 Å². The van der Waals surface area contributed by atoms with Gasteiger partial charge in [-0.25, -0.2) is 0 Å². The molecule has 0 N–H and O–H groups in total. The van der Waals surface area contributed by atoms with E-state index in [4.69, 9.17) is 0 Å². The molecule has 0 aromatic rings. The van der Waals surface area contributed by atoms with Gasteiger partial charge in [-0.15, -0.1) is 0 Å². The van der Waals surface area contributed by atoms with Crippen molar-refractivity contribution in [1.29, 1.82) is 0 Å². The summed E-state index contributed by atoms with van der Waals surface area (Å²) in [6, 6.07) is 0. The normalized spacial score (nSPS) is 14.6. The molecule has 2 heteroatoms. The first-order chi connectivity index (χ1) is 24.3. The van der Waals surface area contributed by atoms with E-state index in [0.29, 0.717) is 6.17 Å². The van der Waals surface area contributed by atoms with E-state index >= 15 is 0 Å². The number of nitrogens with zero attached hydrogens (tertiary/aromatic N) is 2. The minimum atomic E-state index is 0.637. The van der Waals surface area contributed by atoms with Crippen LogP contribution >= 0.6 is 0 Å². The topological polar surface area (TPSA) is 6.48 Å². The van der Waals surface area contributed by atoms with Crippen LogP contribution in [0.1, 0.15) is 271 Å². The zero-order valence-electron chi connectivity index (χ0n) is 34.6. The third-order valence-electron chi connectivity index (χ3n) is 11.6. The van der Waals surface area contributed by atoms with Gasteiger partial charge in [-0.1, -0.05) is 245 Å². The van der Waals surface area contributed by atoms with Crippen LogP contribution in [0.5, 0.6) is 0 Å². The molecule has 1 unspecified atom stereocenters. The van der Waals surface area contributed by atoms with E-state index in [0.717, 1.165) is 0 Å². The molecule has 0 fully saturated rings. The van der Waals surface area contributed by atoms with E-state index in [2.05, 4.69) is 43.0 Å². The highest BCUT2D eigenvalue weighted by atomic mass is 15.4. The molecule has 1 aliphatic rings. The lowest BCUT2D eigenvalue weighted by molar-refractivity contribution is 0.135. The molecule has 1 rings (SSSR count). The van der Waals surface area contributed by atoms with Gasteiger partial charge in [0.2, 0.25) is 0 Å². The highest BCUT2D eigenvalue weighted by molar-refractivity contribution is 4.97. The van der Waals surface area contributed by atoms with Crippen molar-refractivity contribution >= 4 is 0 Å². The van der Waals surface area contributed by atoms with Crippen LogP contribution in [0.25, 0.3) is 0 Å². The standard InChI is InChI=1S/C47H94N2/c1-4-7-10-13-16-18-20-22-24-25-26-27-29-31-33-36-39-42-47-48(43-40-37-34-15-12-9-6-3)45-46-49(47)44-41-38-35-32-30-28-23-21-19-17-14-11-8-5-2/h45-47H,4-44H2,1-3H3. The molecule has 0 spiro atoms. The van der Waals surface area contributed by atoms with Crippen molar-refractivity contribution in [2.75, 3.05) is 13.1 Å². The summed E-state index contributed by atoms with van der Waals surface area (Å²) in [5.41, 5.74) is 0. The third kappa shape index (κ3) is 30.7. The molecule has 292 valence electrons. The first-order valence-electron chi connectivity index (χ1n) is 23.5. The average Bonchev–Trinajstić information content (AvgIpc) is 3.50. The zero-order valence-corrected chi connectivity index (χ0v) is 34.6. The predicted octanol–water partition coefficient (Wildman–Crippen LogP) is 16.7. The van der Waals surface area contributed by atoms with Gasteiger partial charge in [-0.2, -0.15) is 0 Å². The average molecular weight is 687 g/mol. The van der Waals surface area contributed by atoms with Crippen molar-refractivity contribution in [2.45, 2.75) is 277 Å². The van der Waals surface area contributed by atoms with E-state index in [9.17, 15) is 0 Å². The van der Waals surface area contributed by atoms with Crippen molar-refractivity contribution in [3.8, 4) is 0 Å². The van der Waals surface area contributed by atoms with Crippen LogP contribution in [0.15, 0.2) is 12.4 Å². The molecule has 0 saturated carbocycles. The Balaban J connectivity index is 2.14. The van der Waals surface area contributed by atoms with Crippen molar-refractivity contribution < 1.29 is 0 Å². The van der Waals surface area contributed by atoms with Crippen LogP contribution in [-0.4, -0.2) is 29.1 Å². The maximum absolute atomic E-state index is 2.73. The van der Waals surface area contributed by atoms with Gasteiger partial charge in [0, 0.05) is 25.5 Å². The molecule has 0 bridgehead atoms. The molecule has 1 aliphatic heterocycles. The summed E-state index contributed by atoms with van der Waals surface area (Å²) in [5.74, 6) is 0. The van der Waals surface area contributed by atoms with E-state index < -0.39 is 0 Å². The number of rotatable bonds is 41. The van der Waals surface area contributed by atoms with Crippen molar-refractivity contribution in [1.82, 2.24) is 9.80 Å². The molecule has 0 aromatic carbocycles. The second-order valence-corrected chi connectivity index (χ2v) is 16.4. The number of hydrogen-bond donors (Lipinski definition) is 0. The third-order valence-corrected chi connectivity index (χ3v) is 11.6. The van der Waals surface area contributed by atoms with Crippen LogP contribution in [0.3, 0.4) is 0 Å². The molecule has 1 atom stereocenters. The van der Waals surface area contributed by atoms with Gasteiger partial charge in [0.15, 0.2) is 0 Å². The smallest absolute Gasteiger partial charge is 0.101 e. The highest BCUT2D eigenvalue weighted by Gasteiger charge is 2.24. The van der Waals surface area contributed by atoms with Crippen molar-refractivity contribution in [2.24, 2.45) is 0 Å². The number of unbranched alkanes of at least 4 members (excludes halogenated alkanes) is 35. The van der Waals surface area contributed by atoms with Crippen molar-refractivity contribution in [3.05, 3.63) is 12.4 Å². The fourth-order valence-electron chi connectivity index (χ4n) is 8.13. The lowest BCUT2D eigenvalue weighted by atomic mass is 10.0. The first kappa shape index (κ1) is 46.4. The molecule has 49 heavy (non-hydrogen) atoms. The van der Waals surface area contributed by atoms with Gasteiger partial charge >= 0.3 is 0 Å². The maximum atomic E-state index is 2.73. The molecule has 0 aromatic heterocycles. The lowest BCUT2D eigenvalue weighted by Crippen LogP contribution is -2.39. The van der Waals surface area contributed by atoms with Crippen LogP contribution in [0.4, 0.5) is 0 Å². The Bertz CT molecular complexity index is 644. The molecular formula is C47H94N2. The van der Waals surface area contributed by atoms with Gasteiger partial charge in [0.25, 0.3) is 0 Å². The molecule has 0 radical (unpaired) electrons. The second-order valence-electron chi connectivity index (χ2n) is 16.4. The van der Waals surface area contributed by atoms with Gasteiger partial charge in [-0.3, -0.25) is 0 Å². The lowest BCUT2D eigenvalue weighted by Gasteiger charge is -2.33. The van der Waals surface area contributed by atoms with E-state index in [1.165, 1.54) is 264 Å². The van der Waals surface area contributed by atoms with Crippen molar-refractivity contribution in [3.63, 3.8) is 0 Å². The fourth-order valence-corrected chi connectivity index (χ4v) is 8.13. The molecular weight excluding hydrogens is 593 g/mol. The Morgan fingerprint density at radius 2 is 0.469 bits per heavy atom. The Kier molecular flexibility index (Phi) is 36.5. The van der Waals surface area contributed by atoms with E-state index in [1.807, 2.05) is 0 Å². The second kappa shape index (κ2) is 38.6. The van der Waals surface area contributed by atoms with Crippen LogP contribution < -0.4 is 0 Å². The monoisotopic (exact) mass is 687 g/mol. The summed E-state index contributed by atoms with van der Waals surface area (Å²) in [6.45, 7) is 9.49. The fraction of sp³-hybridized carbons (Fsp3) is 0.957. The van der Waals surface area contributed by atoms with Gasteiger partial charge in [0.05, 0.1) is 0 Å². The van der Waals surface area contributed by atoms with E-state index in [-0.39, 0.29) is 0 Å². The highest BCUT2D eigenvalue weighted by Crippen LogP contribution is 2.24. The minimum Gasteiger partial charge on any atom is -0.356 e. The number of hydrogen-bond acceptors (Lipinski definition) is 2. The van der Waals surface area contributed by atoms with Gasteiger partial charge in [0.1, 0.15) is 6.17 Å². The zero-order chi connectivity index (χ0) is 35.1. The Morgan fingerprint density at radius 3 is 0.714 bits per heavy atom. The first-order valence-corrected chi connectivity index (χ1v) is 23.5. The summed E-state index contributed by atoms with van der Waals surface area (Å²) in [4.78, 5) is 5.45. The Hall–Kier alpha value is -0.660. The molecule has 0 amide bonds. The SMILES string of the molecule is CCCCCCCCCCCCCCCCCCCC1N(CCCCCCCCC)C=CN1CCCCCCCCCCCCCCCC. The Labute approximate surface area is 311 Å².